The van der Waals surface area contributed by atoms with Crippen LogP contribution in [0.15, 0.2) is 65.6 Å². The average molecular weight is 395 g/mol. The van der Waals surface area contributed by atoms with Gasteiger partial charge in [0, 0.05) is 50.4 Å². The first-order valence-corrected chi connectivity index (χ1v) is 9.68. The fraction of sp³-hybridized carbons (Fsp3) is 0.364. The minimum atomic E-state index is -0.192. The number of allylic oxidation sites excluding steroid dienone is 1. The molecule has 7 heteroatoms. The molecule has 152 valence electrons. The Morgan fingerprint density at radius 3 is 2.83 bits per heavy atom. The summed E-state index contributed by atoms with van der Waals surface area (Å²) in [5.74, 6) is 1.04. The summed E-state index contributed by atoms with van der Waals surface area (Å²) in [6, 6.07) is 11.7. The van der Waals surface area contributed by atoms with E-state index in [0.29, 0.717) is 31.0 Å². The highest BCUT2D eigenvalue weighted by Gasteiger charge is 2.37. The lowest BCUT2D eigenvalue weighted by molar-refractivity contribution is -0.113. The molecular weight excluding hydrogens is 370 g/mol. The number of methoxy groups -OCH3 is 1. The molecule has 0 spiro atoms. The smallest absolute Gasteiger partial charge is 0.253 e. The number of rotatable bonds is 7. The number of aromatic nitrogens is 2. The molecule has 7 nitrogen and oxygen atoms in total. The van der Waals surface area contributed by atoms with Gasteiger partial charge in [-0.15, -0.1) is 0 Å². The summed E-state index contributed by atoms with van der Waals surface area (Å²) in [5, 5.41) is 7.06. The van der Waals surface area contributed by atoms with Crippen LogP contribution in [0.25, 0.3) is 0 Å². The maximum Gasteiger partial charge on any atom is 0.253 e. The van der Waals surface area contributed by atoms with Gasteiger partial charge < -0.3 is 19.5 Å². The third-order valence-electron chi connectivity index (χ3n) is 5.06. The van der Waals surface area contributed by atoms with Crippen molar-refractivity contribution in [3.63, 3.8) is 0 Å². The van der Waals surface area contributed by atoms with Crippen LogP contribution >= 0.6 is 0 Å². The third-order valence-corrected chi connectivity index (χ3v) is 5.06. The summed E-state index contributed by atoms with van der Waals surface area (Å²) in [4.78, 5) is 12.8. The summed E-state index contributed by atoms with van der Waals surface area (Å²) in [5.41, 5.74) is 2.78. The van der Waals surface area contributed by atoms with Crippen molar-refractivity contribution < 1.29 is 19.0 Å². The number of amides is 1. The molecule has 1 N–H and O–H groups in total. The van der Waals surface area contributed by atoms with Gasteiger partial charge in [0.25, 0.3) is 5.91 Å². The molecule has 2 heterocycles. The fourth-order valence-corrected chi connectivity index (χ4v) is 3.67. The molecule has 0 bridgehead atoms. The van der Waals surface area contributed by atoms with E-state index in [4.69, 9.17) is 14.2 Å². The van der Waals surface area contributed by atoms with Crippen LogP contribution in [0, 0.1) is 0 Å². The Balaban J connectivity index is 1.53. The van der Waals surface area contributed by atoms with Gasteiger partial charge in [0.05, 0.1) is 18.8 Å². The zero-order valence-electron chi connectivity index (χ0n) is 16.6. The SMILES string of the molecule is COCC1CC2=C(OCc3ccccc3)C=C(C(=O)Nc3ccn(C)n3)CC2O1. The monoisotopic (exact) mass is 395 g/mol. The van der Waals surface area contributed by atoms with Crippen LogP contribution < -0.4 is 5.32 Å². The number of carbonyl (C=O) groups is 1. The first kappa shape index (κ1) is 19.4. The summed E-state index contributed by atoms with van der Waals surface area (Å²) >= 11 is 0. The molecule has 0 saturated carbocycles. The number of hydrogen-bond donors (Lipinski definition) is 1. The van der Waals surface area contributed by atoms with Crippen molar-refractivity contribution in [2.24, 2.45) is 7.05 Å². The number of hydrogen-bond acceptors (Lipinski definition) is 5. The van der Waals surface area contributed by atoms with Crippen molar-refractivity contribution in [3.8, 4) is 0 Å². The molecule has 2 atom stereocenters. The number of anilines is 1. The van der Waals surface area contributed by atoms with Gasteiger partial charge in [0.2, 0.25) is 0 Å². The standard InChI is InChI=1S/C22H25N3O4/c1-25-9-8-21(24-25)23-22(26)16-10-19(28-13-15-6-4-3-5-7-15)18-12-17(14-27-2)29-20(18)11-16/h3-10,17,20H,11-14H2,1-2H3,(H,23,24,26). The van der Waals surface area contributed by atoms with Gasteiger partial charge in [-0.05, 0) is 11.6 Å². The highest BCUT2D eigenvalue weighted by Crippen LogP contribution is 2.37. The first-order valence-electron chi connectivity index (χ1n) is 9.68. The van der Waals surface area contributed by atoms with Gasteiger partial charge >= 0.3 is 0 Å². The molecule has 2 aliphatic rings. The predicted molar refractivity (Wildman–Crippen MR) is 108 cm³/mol. The highest BCUT2D eigenvalue weighted by atomic mass is 16.5. The number of aryl methyl sites for hydroxylation is 1. The van der Waals surface area contributed by atoms with Crippen LogP contribution in [0.3, 0.4) is 0 Å². The summed E-state index contributed by atoms with van der Waals surface area (Å²) < 4.78 is 19.1. The van der Waals surface area contributed by atoms with Crippen LogP contribution in [-0.4, -0.2) is 41.6 Å². The van der Waals surface area contributed by atoms with Crippen molar-refractivity contribution in [3.05, 3.63) is 71.1 Å². The lowest BCUT2D eigenvalue weighted by Crippen LogP contribution is -2.24. The average Bonchev–Trinajstić information content (AvgIpc) is 3.32. The first-order chi connectivity index (χ1) is 14.1. The van der Waals surface area contributed by atoms with E-state index in [1.54, 1.807) is 24.1 Å². The molecule has 1 fully saturated rings. The minimum absolute atomic E-state index is 0.0260. The zero-order chi connectivity index (χ0) is 20.2. The van der Waals surface area contributed by atoms with E-state index in [1.165, 1.54) is 0 Å². The lowest BCUT2D eigenvalue weighted by Gasteiger charge is -2.22. The second-order valence-electron chi connectivity index (χ2n) is 7.27. The van der Waals surface area contributed by atoms with Crippen molar-refractivity contribution in [1.82, 2.24) is 9.78 Å². The molecule has 2 unspecified atom stereocenters. The van der Waals surface area contributed by atoms with Crippen molar-refractivity contribution >= 4 is 11.7 Å². The Morgan fingerprint density at radius 2 is 2.10 bits per heavy atom. The van der Waals surface area contributed by atoms with Crippen LogP contribution in [0.1, 0.15) is 18.4 Å². The molecule has 1 aromatic heterocycles. The lowest BCUT2D eigenvalue weighted by atomic mass is 9.92. The molecular formula is C22H25N3O4. The van der Waals surface area contributed by atoms with Gasteiger partial charge in [0.1, 0.15) is 12.4 Å². The van der Waals surface area contributed by atoms with E-state index in [2.05, 4.69) is 10.4 Å². The quantitative estimate of drug-likeness (QED) is 0.780. The maximum absolute atomic E-state index is 12.8. The fourth-order valence-electron chi connectivity index (χ4n) is 3.67. The molecule has 4 rings (SSSR count). The molecule has 1 saturated heterocycles. The molecule has 29 heavy (non-hydrogen) atoms. The summed E-state index contributed by atoms with van der Waals surface area (Å²) in [6.45, 7) is 0.953. The number of nitrogens with one attached hydrogen (secondary N) is 1. The molecule has 1 aliphatic carbocycles. The number of fused-ring (bicyclic) bond motifs is 1. The summed E-state index contributed by atoms with van der Waals surface area (Å²) in [6.07, 6.45) is 4.68. The van der Waals surface area contributed by atoms with Crippen LogP contribution in [0.2, 0.25) is 0 Å². The van der Waals surface area contributed by atoms with E-state index in [9.17, 15) is 4.79 Å². The topological polar surface area (TPSA) is 74.6 Å². The molecule has 1 aromatic carbocycles. The van der Waals surface area contributed by atoms with E-state index in [-0.39, 0.29) is 18.1 Å². The van der Waals surface area contributed by atoms with E-state index in [0.717, 1.165) is 23.3 Å². The number of benzene rings is 1. The Kier molecular flexibility index (Phi) is 5.78. The van der Waals surface area contributed by atoms with E-state index in [1.807, 2.05) is 43.5 Å². The predicted octanol–water partition coefficient (Wildman–Crippen LogP) is 2.96. The van der Waals surface area contributed by atoms with Gasteiger partial charge in [0.15, 0.2) is 5.82 Å². The number of nitrogens with zero attached hydrogens (tertiary/aromatic N) is 2. The number of carbonyl (C=O) groups excluding carboxylic acids is 1. The van der Waals surface area contributed by atoms with E-state index >= 15 is 0 Å². The normalized spacial score (nSPS) is 21.0. The molecule has 1 amide bonds. The Hall–Kier alpha value is -2.90. The maximum atomic E-state index is 12.8. The Labute approximate surface area is 170 Å². The van der Waals surface area contributed by atoms with Gasteiger partial charge in [-0.25, -0.2) is 0 Å². The van der Waals surface area contributed by atoms with Gasteiger partial charge in [-0.3, -0.25) is 9.48 Å². The Bertz CT molecular complexity index is 933. The van der Waals surface area contributed by atoms with Crippen LogP contribution in [-0.2, 0) is 32.7 Å². The molecule has 0 radical (unpaired) electrons. The third kappa shape index (κ3) is 4.58. The van der Waals surface area contributed by atoms with Crippen molar-refractivity contribution in [2.75, 3.05) is 19.0 Å². The van der Waals surface area contributed by atoms with Crippen molar-refractivity contribution in [2.45, 2.75) is 31.7 Å². The molecule has 1 aliphatic heterocycles. The van der Waals surface area contributed by atoms with E-state index < -0.39 is 0 Å². The van der Waals surface area contributed by atoms with Crippen LogP contribution in [0.5, 0.6) is 0 Å². The molecule has 2 aromatic rings. The van der Waals surface area contributed by atoms with Gasteiger partial charge in [-0.1, -0.05) is 30.3 Å². The summed E-state index contributed by atoms with van der Waals surface area (Å²) in [7, 11) is 3.47. The Morgan fingerprint density at radius 1 is 1.28 bits per heavy atom. The van der Waals surface area contributed by atoms with Gasteiger partial charge in [-0.2, -0.15) is 5.10 Å². The largest absolute Gasteiger partial charge is 0.489 e. The zero-order valence-corrected chi connectivity index (χ0v) is 16.6. The highest BCUT2D eigenvalue weighted by molar-refractivity contribution is 6.03. The number of ether oxygens (including phenoxy) is 3. The van der Waals surface area contributed by atoms with Crippen LogP contribution in [0.4, 0.5) is 5.82 Å². The van der Waals surface area contributed by atoms with Crippen molar-refractivity contribution in [1.29, 1.82) is 0 Å². The second kappa shape index (κ2) is 8.63. The minimum Gasteiger partial charge on any atom is -0.489 e. The second-order valence-corrected chi connectivity index (χ2v) is 7.27.